The first kappa shape index (κ1) is 10.7. The number of halogens is 1. The number of benzene rings is 1. The van der Waals surface area contributed by atoms with Crippen molar-refractivity contribution in [2.24, 2.45) is 11.5 Å². The first-order valence-corrected chi connectivity index (χ1v) is 5.06. The van der Waals surface area contributed by atoms with Crippen molar-refractivity contribution in [3.05, 3.63) is 27.3 Å². The molecule has 4 N–H and O–H groups in total. The molecule has 0 spiro atoms. The van der Waals surface area contributed by atoms with Crippen LogP contribution in [-0.4, -0.2) is 13.7 Å². The maximum atomic E-state index is 5.83. The van der Waals surface area contributed by atoms with Gasteiger partial charge in [0.05, 0.1) is 7.11 Å². The van der Waals surface area contributed by atoms with Gasteiger partial charge in [0.1, 0.15) is 5.75 Å². The minimum absolute atomic E-state index is 0.148. The summed E-state index contributed by atoms with van der Waals surface area (Å²) in [6.45, 7) is 0.427. The van der Waals surface area contributed by atoms with Crippen molar-refractivity contribution in [2.75, 3.05) is 13.7 Å². The molecule has 72 valence electrons. The van der Waals surface area contributed by atoms with E-state index >= 15 is 0 Å². The average Bonchev–Trinajstić information content (AvgIpc) is 2.16. The van der Waals surface area contributed by atoms with Gasteiger partial charge in [-0.15, -0.1) is 0 Å². The van der Waals surface area contributed by atoms with Gasteiger partial charge in [0.25, 0.3) is 0 Å². The summed E-state index contributed by atoms with van der Waals surface area (Å²) in [4.78, 5) is 0. The highest BCUT2D eigenvalue weighted by Gasteiger charge is 2.10. The smallest absolute Gasteiger partial charge is 0.123 e. The summed E-state index contributed by atoms with van der Waals surface area (Å²) in [6, 6.07) is 5.74. The third kappa shape index (κ3) is 2.55. The van der Waals surface area contributed by atoms with Crippen molar-refractivity contribution >= 4 is 22.6 Å². The van der Waals surface area contributed by atoms with E-state index in [9.17, 15) is 0 Å². The Balaban J connectivity index is 3.07. The van der Waals surface area contributed by atoms with Gasteiger partial charge < -0.3 is 16.2 Å². The summed E-state index contributed by atoms with van der Waals surface area (Å²) in [5.41, 5.74) is 12.3. The topological polar surface area (TPSA) is 61.3 Å². The number of hydrogen-bond donors (Lipinski definition) is 2. The molecule has 1 aromatic rings. The lowest BCUT2D eigenvalue weighted by atomic mass is 10.1. The van der Waals surface area contributed by atoms with Crippen molar-refractivity contribution in [1.29, 1.82) is 0 Å². The summed E-state index contributed by atoms with van der Waals surface area (Å²) in [7, 11) is 1.63. The van der Waals surface area contributed by atoms with Crippen LogP contribution in [0.1, 0.15) is 11.6 Å². The molecule has 0 aliphatic carbocycles. The number of hydrogen-bond acceptors (Lipinski definition) is 3. The van der Waals surface area contributed by atoms with E-state index < -0.39 is 0 Å². The molecule has 0 fully saturated rings. The number of nitrogens with two attached hydrogens (primary N) is 2. The van der Waals surface area contributed by atoms with Crippen molar-refractivity contribution in [3.8, 4) is 5.75 Å². The highest BCUT2D eigenvalue weighted by molar-refractivity contribution is 14.1. The molecule has 0 bridgehead atoms. The predicted molar refractivity (Wildman–Crippen MR) is 61.7 cm³/mol. The zero-order chi connectivity index (χ0) is 9.84. The largest absolute Gasteiger partial charge is 0.496 e. The Labute approximate surface area is 91.6 Å². The fraction of sp³-hybridized carbons (Fsp3) is 0.333. The second-order valence-corrected chi connectivity index (χ2v) is 3.97. The molecule has 1 atom stereocenters. The summed E-state index contributed by atoms with van der Waals surface area (Å²) < 4.78 is 6.32. The molecule has 0 aliphatic heterocycles. The molecule has 1 aromatic carbocycles. The Morgan fingerprint density at radius 3 is 2.77 bits per heavy atom. The Morgan fingerprint density at radius 2 is 2.23 bits per heavy atom. The van der Waals surface area contributed by atoms with Crippen LogP contribution in [0.15, 0.2) is 18.2 Å². The van der Waals surface area contributed by atoms with Crippen LogP contribution in [0.25, 0.3) is 0 Å². The molecule has 1 rings (SSSR count). The van der Waals surface area contributed by atoms with Crippen molar-refractivity contribution < 1.29 is 4.74 Å². The Morgan fingerprint density at radius 1 is 1.54 bits per heavy atom. The van der Waals surface area contributed by atoms with Crippen LogP contribution in [0, 0.1) is 3.57 Å². The predicted octanol–water partition coefficient (Wildman–Crippen LogP) is 1.26. The van der Waals surface area contributed by atoms with Gasteiger partial charge in [-0.3, -0.25) is 0 Å². The Kier molecular flexibility index (Phi) is 3.95. The number of ether oxygens (including phenoxy) is 1. The summed E-state index contributed by atoms with van der Waals surface area (Å²) in [5.74, 6) is 0.804. The van der Waals surface area contributed by atoms with Crippen molar-refractivity contribution in [2.45, 2.75) is 6.04 Å². The first-order chi connectivity index (χ1) is 6.19. The van der Waals surface area contributed by atoms with Gasteiger partial charge in [-0.05, 0) is 40.8 Å². The van der Waals surface area contributed by atoms with E-state index in [-0.39, 0.29) is 6.04 Å². The van der Waals surface area contributed by atoms with Gasteiger partial charge in [0, 0.05) is 21.7 Å². The quantitative estimate of drug-likeness (QED) is 0.824. The van der Waals surface area contributed by atoms with Gasteiger partial charge in [-0.25, -0.2) is 0 Å². The standard InChI is InChI=1S/C9H13IN2O/c1-13-9-3-2-6(10)4-7(9)8(12)5-11/h2-4,8H,5,11-12H2,1H3/t8-/m1/s1. The third-order valence-electron chi connectivity index (χ3n) is 1.85. The molecule has 3 nitrogen and oxygen atoms in total. The molecule has 13 heavy (non-hydrogen) atoms. The minimum atomic E-state index is -0.148. The van der Waals surface area contributed by atoms with Gasteiger partial charge in [-0.1, -0.05) is 0 Å². The Hall–Kier alpha value is -0.330. The molecule has 0 saturated heterocycles. The summed E-state index contributed by atoms with van der Waals surface area (Å²) >= 11 is 2.24. The fourth-order valence-corrected chi connectivity index (χ4v) is 1.64. The maximum absolute atomic E-state index is 5.83. The van der Waals surface area contributed by atoms with Crippen LogP contribution in [0.4, 0.5) is 0 Å². The second kappa shape index (κ2) is 4.78. The van der Waals surface area contributed by atoms with E-state index in [2.05, 4.69) is 22.6 Å². The van der Waals surface area contributed by atoms with Gasteiger partial charge in [0.15, 0.2) is 0 Å². The lowest BCUT2D eigenvalue weighted by Crippen LogP contribution is -2.21. The minimum Gasteiger partial charge on any atom is -0.496 e. The number of methoxy groups -OCH3 is 1. The van der Waals surface area contributed by atoms with E-state index in [1.807, 2.05) is 18.2 Å². The van der Waals surface area contributed by atoms with Crippen molar-refractivity contribution in [1.82, 2.24) is 0 Å². The highest BCUT2D eigenvalue weighted by Crippen LogP contribution is 2.25. The first-order valence-electron chi connectivity index (χ1n) is 3.98. The van der Waals surface area contributed by atoms with E-state index in [0.29, 0.717) is 6.54 Å². The molecule has 0 amide bonds. The monoisotopic (exact) mass is 292 g/mol. The third-order valence-corrected chi connectivity index (χ3v) is 2.52. The maximum Gasteiger partial charge on any atom is 0.123 e. The average molecular weight is 292 g/mol. The molecule has 0 unspecified atom stereocenters. The molecule has 0 saturated carbocycles. The van der Waals surface area contributed by atoms with E-state index in [1.54, 1.807) is 7.11 Å². The molecule has 0 aliphatic rings. The lowest BCUT2D eigenvalue weighted by molar-refractivity contribution is 0.406. The van der Waals surface area contributed by atoms with Crippen LogP contribution in [-0.2, 0) is 0 Å². The molecule has 0 heterocycles. The van der Waals surface area contributed by atoms with E-state index in [0.717, 1.165) is 14.9 Å². The number of rotatable bonds is 3. The van der Waals surface area contributed by atoms with E-state index in [4.69, 9.17) is 16.2 Å². The van der Waals surface area contributed by atoms with Crippen molar-refractivity contribution in [3.63, 3.8) is 0 Å². The van der Waals surface area contributed by atoms with Crippen LogP contribution >= 0.6 is 22.6 Å². The molecule has 0 radical (unpaired) electrons. The van der Waals surface area contributed by atoms with Gasteiger partial charge >= 0.3 is 0 Å². The summed E-state index contributed by atoms with van der Waals surface area (Å²) in [5, 5.41) is 0. The normalized spacial score (nSPS) is 12.6. The van der Waals surface area contributed by atoms with Gasteiger partial charge in [0.2, 0.25) is 0 Å². The Bertz CT molecular complexity index is 291. The SMILES string of the molecule is COc1ccc(I)cc1[C@H](N)CN. The summed E-state index contributed by atoms with van der Waals surface area (Å²) in [6.07, 6.45) is 0. The van der Waals surface area contributed by atoms with Crippen LogP contribution < -0.4 is 16.2 Å². The van der Waals surface area contributed by atoms with Crippen LogP contribution in [0.5, 0.6) is 5.75 Å². The zero-order valence-corrected chi connectivity index (χ0v) is 9.61. The van der Waals surface area contributed by atoms with Crippen LogP contribution in [0.3, 0.4) is 0 Å². The molecule has 4 heteroatoms. The molecular weight excluding hydrogens is 279 g/mol. The molecule has 0 aromatic heterocycles. The zero-order valence-electron chi connectivity index (χ0n) is 7.46. The molecular formula is C9H13IN2O. The fourth-order valence-electron chi connectivity index (χ4n) is 1.12. The highest BCUT2D eigenvalue weighted by atomic mass is 127. The second-order valence-electron chi connectivity index (χ2n) is 2.73. The van der Waals surface area contributed by atoms with Crippen LogP contribution in [0.2, 0.25) is 0 Å². The van der Waals surface area contributed by atoms with E-state index in [1.165, 1.54) is 0 Å². The lowest BCUT2D eigenvalue weighted by Gasteiger charge is -2.13. The van der Waals surface area contributed by atoms with Gasteiger partial charge in [-0.2, -0.15) is 0 Å².